The van der Waals surface area contributed by atoms with E-state index in [9.17, 15) is 4.79 Å². The zero-order chi connectivity index (χ0) is 21.3. The number of nitrogens with one attached hydrogen (secondary N) is 2. The molecule has 6 nitrogen and oxygen atoms in total. The number of carbonyl (C=O) groups excluding carboxylic acids is 1. The lowest BCUT2D eigenvalue weighted by Gasteiger charge is -2.07. The third kappa shape index (κ3) is 4.14. The average molecular weight is 420 g/mol. The molecule has 0 aliphatic carbocycles. The number of aromatic nitrogens is 4. The van der Waals surface area contributed by atoms with Crippen LogP contribution in [-0.2, 0) is 6.54 Å². The number of hydrogen-bond acceptors (Lipinski definition) is 3. The van der Waals surface area contributed by atoms with E-state index in [0.717, 1.165) is 22.6 Å². The second-order valence-corrected chi connectivity index (χ2v) is 7.76. The summed E-state index contributed by atoms with van der Waals surface area (Å²) in [6.45, 7) is 6.56. The van der Waals surface area contributed by atoms with Crippen molar-refractivity contribution in [3.63, 3.8) is 0 Å². The van der Waals surface area contributed by atoms with Gasteiger partial charge in [0, 0.05) is 10.6 Å². The van der Waals surface area contributed by atoms with Crippen molar-refractivity contribution in [2.24, 2.45) is 0 Å². The predicted octanol–water partition coefficient (Wildman–Crippen LogP) is 5.15. The topological polar surface area (TPSA) is 75.6 Å². The molecule has 0 saturated carbocycles. The van der Waals surface area contributed by atoms with Gasteiger partial charge < -0.3 is 5.32 Å². The predicted molar refractivity (Wildman–Crippen MR) is 119 cm³/mol. The molecule has 0 spiro atoms. The van der Waals surface area contributed by atoms with Crippen LogP contribution in [0.15, 0.2) is 54.6 Å². The number of H-pyrrole nitrogens is 1. The molecule has 0 bridgehead atoms. The van der Waals surface area contributed by atoms with Gasteiger partial charge in [0.05, 0.1) is 29.3 Å². The van der Waals surface area contributed by atoms with Gasteiger partial charge in [0.1, 0.15) is 5.69 Å². The zero-order valence-electron chi connectivity index (χ0n) is 17.0. The van der Waals surface area contributed by atoms with E-state index in [1.54, 1.807) is 18.2 Å². The molecule has 2 aromatic carbocycles. The summed E-state index contributed by atoms with van der Waals surface area (Å²) < 4.78 is 1.91. The monoisotopic (exact) mass is 419 g/mol. The molecule has 30 heavy (non-hydrogen) atoms. The van der Waals surface area contributed by atoms with E-state index in [1.165, 1.54) is 11.1 Å². The third-order valence-electron chi connectivity index (χ3n) is 5.00. The molecule has 4 rings (SSSR count). The minimum absolute atomic E-state index is 0.260. The van der Waals surface area contributed by atoms with Crippen LogP contribution in [0, 0.1) is 20.8 Å². The Balaban J connectivity index is 1.52. The molecule has 0 atom stereocenters. The lowest BCUT2D eigenvalue weighted by molar-refractivity contribution is 0.102. The first-order valence-electron chi connectivity index (χ1n) is 9.63. The van der Waals surface area contributed by atoms with Gasteiger partial charge in [-0.3, -0.25) is 14.6 Å². The average Bonchev–Trinajstić information content (AvgIpc) is 3.30. The van der Waals surface area contributed by atoms with Crippen LogP contribution in [0.4, 0.5) is 5.69 Å². The van der Waals surface area contributed by atoms with Gasteiger partial charge in [-0.15, -0.1) is 0 Å². The number of aromatic amines is 1. The number of hydrogen-bond donors (Lipinski definition) is 2. The van der Waals surface area contributed by atoms with Crippen LogP contribution in [0.2, 0.25) is 5.02 Å². The van der Waals surface area contributed by atoms with Gasteiger partial charge in [-0.1, -0.05) is 53.6 Å². The summed E-state index contributed by atoms with van der Waals surface area (Å²) in [5.74, 6) is -0.260. The first-order chi connectivity index (χ1) is 14.4. The maximum Gasteiger partial charge on any atom is 0.273 e. The normalized spacial score (nSPS) is 10.9. The largest absolute Gasteiger partial charge is 0.318 e. The summed E-state index contributed by atoms with van der Waals surface area (Å²) in [5, 5.41) is 15.3. The van der Waals surface area contributed by atoms with Gasteiger partial charge in [0.15, 0.2) is 0 Å². The molecular weight excluding hydrogens is 398 g/mol. The van der Waals surface area contributed by atoms with E-state index in [0.29, 0.717) is 23.0 Å². The number of amides is 1. The van der Waals surface area contributed by atoms with Gasteiger partial charge in [0.2, 0.25) is 0 Å². The molecule has 1 amide bonds. The molecule has 2 N–H and O–H groups in total. The second-order valence-electron chi connectivity index (χ2n) is 7.32. The summed E-state index contributed by atoms with van der Waals surface area (Å²) in [6, 6.07) is 17.4. The van der Waals surface area contributed by atoms with Crippen LogP contribution in [0.25, 0.3) is 11.3 Å². The highest BCUT2D eigenvalue weighted by molar-refractivity contribution is 6.30. The van der Waals surface area contributed by atoms with E-state index >= 15 is 0 Å². The summed E-state index contributed by atoms with van der Waals surface area (Å²) in [6.07, 6.45) is 0. The van der Waals surface area contributed by atoms with Crippen molar-refractivity contribution in [2.45, 2.75) is 27.3 Å². The van der Waals surface area contributed by atoms with Crippen LogP contribution in [0.3, 0.4) is 0 Å². The Morgan fingerprint density at radius 2 is 1.87 bits per heavy atom. The number of nitrogens with zero attached hydrogens (tertiary/aromatic N) is 3. The first-order valence-corrected chi connectivity index (χ1v) is 10.0. The quantitative estimate of drug-likeness (QED) is 0.469. The lowest BCUT2D eigenvalue weighted by Crippen LogP contribution is -2.14. The molecule has 0 aliphatic rings. The molecule has 152 valence electrons. The molecule has 0 radical (unpaired) electrons. The first kappa shape index (κ1) is 19.9. The number of halogens is 1. The molecule has 0 saturated heterocycles. The fraction of sp³-hybridized carbons (Fsp3) is 0.174. The highest BCUT2D eigenvalue weighted by Crippen LogP contribution is 2.23. The standard InChI is InChI=1S/C23H22ClN5O/c1-14-5-4-6-17(11-14)13-29-16(3)22(15(2)28-29)25-23(30)21-12-20(26-27-21)18-7-9-19(24)10-8-18/h4-12H,13H2,1-3H3,(H,25,30)(H,26,27). The smallest absolute Gasteiger partial charge is 0.273 e. The lowest BCUT2D eigenvalue weighted by atomic mass is 10.1. The van der Waals surface area contributed by atoms with E-state index in [4.69, 9.17) is 11.6 Å². The molecule has 0 unspecified atom stereocenters. The van der Waals surface area contributed by atoms with Crippen molar-refractivity contribution in [1.29, 1.82) is 0 Å². The SMILES string of the molecule is Cc1cccc(Cn2nc(C)c(NC(=O)c3cc(-c4ccc(Cl)cc4)n[nH]3)c2C)c1. The summed E-state index contributed by atoms with van der Waals surface area (Å²) in [4.78, 5) is 12.8. The van der Waals surface area contributed by atoms with Crippen molar-refractivity contribution in [1.82, 2.24) is 20.0 Å². The van der Waals surface area contributed by atoms with Crippen molar-refractivity contribution < 1.29 is 4.79 Å². The molecule has 2 heterocycles. The minimum Gasteiger partial charge on any atom is -0.318 e. The Kier molecular flexibility index (Phi) is 5.42. The zero-order valence-corrected chi connectivity index (χ0v) is 17.8. The van der Waals surface area contributed by atoms with Crippen LogP contribution in [-0.4, -0.2) is 25.9 Å². The molecule has 2 aromatic heterocycles. The van der Waals surface area contributed by atoms with E-state index in [-0.39, 0.29) is 5.91 Å². The summed E-state index contributed by atoms with van der Waals surface area (Å²) in [5.41, 5.74) is 6.71. The van der Waals surface area contributed by atoms with Crippen LogP contribution in [0.1, 0.15) is 33.0 Å². The molecule has 4 aromatic rings. The fourth-order valence-corrected chi connectivity index (χ4v) is 3.53. The highest BCUT2D eigenvalue weighted by Gasteiger charge is 2.17. The highest BCUT2D eigenvalue weighted by atomic mass is 35.5. The van der Waals surface area contributed by atoms with E-state index in [2.05, 4.69) is 45.7 Å². The summed E-state index contributed by atoms with van der Waals surface area (Å²) in [7, 11) is 0. The number of anilines is 1. The van der Waals surface area contributed by atoms with Crippen molar-refractivity contribution in [3.05, 3.63) is 87.8 Å². The van der Waals surface area contributed by atoms with E-state index in [1.807, 2.05) is 36.7 Å². The van der Waals surface area contributed by atoms with Gasteiger partial charge in [-0.25, -0.2) is 0 Å². The number of carbonyl (C=O) groups is 1. The third-order valence-corrected chi connectivity index (χ3v) is 5.25. The number of benzene rings is 2. The Morgan fingerprint density at radius 1 is 1.10 bits per heavy atom. The minimum atomic E-state index is -0.260. The Labute approximate surface area is 179 Å². The molecular formula is C23H22ClN5O. The Hall–Kier alpha value is -3.38. The second kappa shape index (κ2) is 8.16. The number of rotatable bonds is 5. The Morgan fingerprint density at radius 3 is 2.60 bits per heavy atom. The van der Waals surface area contributed by atoms with Crippen molar-refractivity contribution in [2.75, 3.05) is 5.32 Å². The molecule has 0 fully saturated rings. The Bertz CT molecular complexity index is 1210. The van der Waals surface area contributed by atoms with E-state index < -0.39 is 0 Å². The van der Waals surface area contributed by atoms with Crippen LogP contribution >= 0.6 is 11.6 Å². The number of aryl methyl sites for hydroxylation is 2. The van der Waals surface area contributed by atoms with Gasteiger partial charge >= 0.3 is 0 Å². The fourth-order valence-electron chi connectivity index (χ4n) is 3.40. The van der Waals surface area contributed by atoms with Crippen molar-refractivity contribution in [3.8, 4) is 11.3 Å². The maximum atomic E-state index is 12.8. The maximum absolute atomic E-state index is 12.8. The van der Waals surface area contributed by atoms with Gasteiger partial charge in [0.25, 0.3) is 5.91 Å². The molecule has 0 aliphatic heterocycles. The van der Waals surface area contributed by atoms with Crippen LogP contribution < -0.4 is 5.32 Å². The van der Waals surface area contributed by atoms with Crippen LogP contribution in [0.5, 0.6) is 0 Å². The molecule has 7 heteroatoms. The summed E-state index contributed by atoms with van der Waals surface area (Å²) >= 11 is 5.94. The van der Waals surface area contributed by atoms with Gasteiger partial charge in [-0.05, 0) is 44.5 Å². The van der Waals surface area contributed by atoms with Gasteiger partial charge in [-0.2, -0.15) is 10.2 Å². The van der Waals surface area contributed by atoms with Crippen molar-refractivity contribution >= 4 is 23.2 Å².